The maximum absolute atomic E-state index is 2.21. The Kier molecular flexibility index (Phi) is 4.20. The zero-order valence-electron chi connectivity index (χ0n) is 7.29. The van der Waals surface area contributed by atoms with E-state index in [0.717, 1.165) is 0 Å². The highest BCUT2D eigenvalue weighted by Crippen LogP contribution is 2.13. The van der Waals surface area contributed by atoms with Crippen LogP contribution < -0.4 is 0 Å². The molecule has 0 heterocycles. The van der Waals surface area contributed by atoms with Gasteiger partial charge in [0.05, 0.1) is 0 Å². The summed E-state index contributed by atoms with van der Waals surface area (Å²) in [6.07, 6.45) is 0. The fraction of sp³-hybridized carbons (Fsp3) is 0.400. The van der Waals surface area contributed by atoms with E-state index < -0.39 is 0 Å². The summed E-state index contributed by atoms with van der Waals surface area (Å²) < 4.78 is 0. The third kappa shape index (κ3) is 2.94. The Morgan fingerprint density at radius 3 is 1.82 bits per heavy atom. The van der Waals surface area contributed by atoms with E-state index in [4.69, 9.17) is 0 Å². The van der Waals surface area contributed by atoms with Crippen LogP contribution in [0, 0.1) is 6.92 Å². The van der Waals surface area contributed by atoms with E-state index in [1.54, 1.807) is 0 Å². The van der Waals surface area contributed by atoms with Crippen LogP contribution in [-0.4, -0.2) is 0 Å². The normalized spacial score (nSPS) is 9.45. The average molecular weight is 171 g/mol. The van der Waals surface area contributed by atoms with Crippen molar-refractivity contribution in [1.82, 2.24) is 0 Å². The average Bonchev–Trinajstić information content (AvgIpc) is 1.88. The first-order valence-electron chi connectivity index (χ1n) is 3.76. The minimum Gasteiger partial charge on any atom is -0.147 e. The minimum absolute atomic E-state index is 0. The first-order valence-corrected chi connectivity index (χ1v) is 3.76. The minimum atomic E-state index is 0. The monoisotopic (exact) mass is 170 g/mol. The van der Waals surface area contributed by atoms with Gasteiger partial charge in [-0.15, -0.1) is 12.4 Å². The molecule has 1 aromatic rings. The van der Waals surface area contributed by atoms with Crippen LogP contribution in [0.5, 0.6) is 0 Å². The van der Waals surface area contributed by atoms with Crippen LogP contribution in [0.25, 0.3) is 0 Å². The number of halogens is 1. The van der Waals surface area contributed by atoms with Crippen molar-refractivity contribution in [2.45, 2.75) is 26.7 Å². The molecular formula is C10H15Cl. The fourth-order valence-corrected chi connectivity index (χ4v) is 0.951. The highest BCUT2D eigenvalue weighted by Gasteiger charge is 1.95. The Hall–Kier alpha value is -0.490. The van der Waals surface area contributed by atoms with E-state index in [9.17, 15) is 0 Å². The Morgan fingerprint density at radius 1 is 1.00 bits per heavy atom. The summed E-state index contributed by atoms with van der Waals surface area (Å²) in [5.41, 5.74) is 2.76. The summed E-state index contributed by atoms with van der Waals surface area (Å²) in [5, 5.41) is 0. The van der Waals surface area contributed by atoms with E-state index >= 15 is 0 Å². The van der Waals surface area contributed by atoms with Gasteiger partial charge >= 0.3 is 0 Å². The molecule has 1 aromatic carbocycles. The Bertz CT molecular complexity index is 199. The van der Waals surface area contributed by atoms with Crippen molar-refractivity contribution >= 4 is 12.4 Å². The van der Waals surface area contributed by atoms with Gasteiger partial charge in [-0.2, -0.15) is 0 Å². The molecule has 0 aliphatic heterocycles. The molecule has 11 heavy (non-hydrogen) atoms. The van der Waals surface area contributed by atoms with Gasteiger partial charge in [-0.05, 0) is 18.4 Å². The van der Waals surface area contributed by atoms with Crippen molar-refractivity contribution in [2.24, 2.45) is 0 Å². The van der Waals surface area contributed by atoms with Crippen LogP contribution in [-0.2, 0) is 0 Å². The number of aryl methyl sites for hydroxylation is 1. The van der Waals surface area contributed by atoms with Crippen molar-refractivity contribution in [3.8, 4) is 0 Å². The van der Waals surface area contributed by atoms with Crippen LogP contribution in [0.1, 0.15) is 30.9 Å². The lowest BCUT2D eigenvalue weighted by atomic mass is 10.0. The summed E-state index contributed by atoms with van der Waals surface area (Å²) >= 11 is 0. The first kappa shape index (κ1) is 10.5. The van der Waals surface area contributed by atoms with Gasteiger partial charge in [0, 0.05) is 0 Å². The number of rotatable bonds is 1. The molecule has 1 rings (SSSR count). The predicted molar refractivity (Wildman–Crippen MR) is 52.5 cm³/mol. The molecule has 0 radical (unpaired) electrons. The predicted octanol–water partition coefficient (Wildman–Crippen LogP) is 3.54. The Balaban J connectivity index is 0.000001000. The van der Waals surface area contributed by atoms with E-state index in [0.29, 0.717) is 5.92 Å². The number of hydrogen-bond acceptors (Lipinski definition) is 0. The molecular weight excluding hydrogens is 156 g/mol. The van der Waals surface area contributed by atoms with E-state index in [2.05, 4.69) is 45.0 Å². The van der Waals surface area contributed by atoms with Crippen molar-refractivity contribution in [2.75, 3.05) is 0 Å². The van der Waals surface area contributed by atoms with Crippen molar-refractivity contribution < 1.29 is 0 Å². The summed E-state index contributed by atoms with van der Waals surface area (Å²) in [7, 11) is 0. The van der Waals surface area contributed by atoms with Gasteiger partial charge in [0.15, 0.2) is 0 Å². The third-order valence-corrected chi connectivity index (χ3v) is 1.74. The Morgan fingerprint density at radius 2 is 1.45 bits per heavy atom. The third-order valence-electron chi connectivity index (χ3n) is 1.74. The van der Waals surface area contributed by atoms with Gasteiger partial charge in [-0.25, -0.2) is 0 Å². The molecule has 0 saturated carbocycles. The van der Waals surface area contributed by atoms with Crippen LogP contribution >= 0.6 is 12.4 Å². The molecule has 0 aliphatic carbocycles. The van der Waals surface area contributed by atoms with Crippen LogP contribution in [0.4, 0.5) is 0 Å². The molecule has 0 atom stereocenters. The van der Waals surface area contributed by atoms with Crippen molar-refractivity contribution in [3.05, 3.63) is 35.4 Å². The van der Waals surface area contributed by atoms with Crippen LogP contribution in [0.15, 0.2) is 24.3 Å². The number of hydrogen-bond donors (Lipinski definition) is 0. The lowest BCUT2D eigenvalue weighted by molar-refractivity contribution is 0.866. The maximum Gasteiger partial charge on any atom is -0.0219 e. The Labute approximate surface area is 75.0 Å². The molecule has 1 heteroatoms. The topological polar surface area (TPSA) is 0 Å². The largest absolute Gasteiger partial charge is 0.147 e. The zero-order chi connectivity index (χ0) is 7.56. The summed E-state index contributed by atoms with van der Waals surface area (Å²) in [6.45, 7) is 6.54. The maximum atomic E-state index is 2.21. The lowest BCUT2D eigenvalue weighted by Crippen LogP contribution is -1.85. The zero-order valence-corrected chi connectivity index (χ0v) is 8.11. The van der Waals surface area contributed by atoms with Gasteiger partial charge in [0.1, 0.15) is 0 Å². The molecule has 0 aromatic heterocycles. The lowest BCUT2D eigenvalue weighted by Gasteiger charge is -2.03. The van der Waals surface area contributed by atoms with Gasteiger partial charge in [-0.1, -0.05) is 43.7 Å². The molecule has 0 saturated heterocycles. The summed E-state index contributed by atoms with van der Waals surface area (Å²) in [4.78, 5) is 0. The molecule has 0 fully saturated rings. The molecule has 0 spiro atoms. The van der Waals surface area contributed by atoms with E-state index in [-0.39, 0.29) is 12.4 Å². The van der Waals surface area contributed by atoms with Crippen LogP contribution in [0.2, 0.25) is 0 Å². The highest BCUT2D eigenvalue weighted by molar-refractivity contribution is 5.85. The molecule has 0 bridgehead atoms. The quantitative estimate of drug-likeness (QED) is 0.605. The van der Waals surface area contributed by atoms with E-state index in [1.165, 1.54) is 11.1 Å². The second-order valence-electron chi connectivity index (χ2n) is 3.07. The van der Waals surface area contributed by atoms with Crippen molar-refractivity contribution in [1.29, 1.82) is 0 Å². The molecule has 0 aliphatic rings. The van der Waals surface area contributed by atoms with Gasteiger partial charge in [0.25, 0.3) is 0 Å². The molecule has 0 N–H and O–H groups in total. The smallest absolute Gasteiger partial charge is 0.0219 e. The van der Waals surface area contributed by atoms with Gasteiger partial charge in [-0.3, -0.25) is 0 Å². The first-order chi connectivity index (χ1) is 4.70. The summed E-state index contributed by atoms with van der Waals surface area (Å²) in [6, 6.07) is 8.71. The SMILES string of the molecule is Cc1ccc(C(C)C)cc1.Cl. The second kappa shape index (κ2) is 4.40. The molecule has 62 valence electrons. The van der Waals surface area contributed by atoms with Crippen LogP contribution in [0.3, 0.4) is 0 Å². The standard InChI is InChI=1S/C10H14.ClH/c1-8(2)10-6-4-9(3)5-7-10;/h4-8H,1-3H3;1H. The highest BCUT2D eigenvalue weighted by atomic mass is 35.5. The second-order valence-corrected chi connectivity index (χ2v) is 3.07. The molecule has 0 amide bonds. The number of benzene rings is 1. The van der Waals surface area contributed by atoms with Crippen molar-refractivity contribution in [3.63, 3.8) is 0 Å². The summed E-state index contributed by atoms with van der Waals surface area (Å²) in [5.74, 6) is 0.653. The molecule has 0 unspecified atom stereocenters. The van der Waals surface area contributed by atoms with Gasteiger partial charge < -0.3 is 0 Å². The fourth-order valence-electron chi connectivity index (χ4n) is 0.951. The van der Waals surface area contributed by atoms with E-state index in [1.807, 2.05) is 0 Å². The van der Waals surface area contributed by atoms with Gasteiger partial charge in [0.2, 0.25) is 0 Å². The molecule has 0 nitrogen and oxygen atoms in total.